The Balaban J connectivity index is 2.27. The average Bonchev–Trinajstić information content (AvgIpc) is 2.95. The van der Waals surface area contributed by atoms with E-state index in [-0.39, 0.29) is 55.5 Å². The molecule has 0 saturated carbocycles. The van der Waals surface area contributed by atoms with E-state index in [0.29, 0.717) is 11.1 Å². The lowest BCUT2D eigenvalue weighted by Gasteiger charge is -2.28. The number of amidine groups is 1. The number of nitrogens with one attached hydrogen (secondary N) is 1. The predicted octanol–water partition coefficient (Wildman–Crippen LogP) is 2.87. The van der Waals surface area contributed by atoms with Gasteiger partial charge in [0.15, 0.2) is 0 Å². The van der Waals surface area contributed by atoms with Crippen molar-refractivity contribution in [3.05, 3.63) is 70.8 Å². The van der Waals surface area contributed by atoms with E-state index in [1.54, 1.807) is 45.0 Å². The van der Waals surface area contributed by atoms with Gasteiger partial charge in [-0.05, 0) is 75.7 Å². The summed E-state index contributed by atoms with van der Waals surface area (Å²) in [7, 11) is 0. The Morgan fingerprint density at radius 3 is 1.86 bits per heavy atom. The SMILES string of the molecule is CCOC(=O)CCN(C(=O)C(C)=Cc1ccc(C(=O)Oc2ccc(C(=N)N)cc2)cc1)C(C(=O)OCC)C(=O)OCC. The number of amides is 1. The lowest BCUT2D eigenvalue weighted by molar-refractivity contribution is -0.167. The van der Waals surface area contributed by atoms with Crippen LogP contribution in [0, 0.1) is 5.41 Å². The second-order valence-corrected chi connectivity index (χ2v) is 8.74. The first-order valence-corrected chi connectivity index (χ1v) is 13.3. The Bertz CT molecular complexity index is 1300. The van der Waals surface area contributed by atoms with Crippen LogP contribution in [0.4, 0.5) is 0 Å². The van der Waals surface area contributed by atoms with E-state index in [1.807, 2.05) is 0 Å². The molecule has 0 aliphatic heterocycles. The summed E-state index contributed by atoms with van der Waals surface area (Å²) in [6.45, 7) is 5.97. The van der Waals surface area contributed by atoms with E-state index in [1.165, 1.54) is 37.3 Å². The summed E-state index contributed by atoms with van der Waals surface area (Å²) in [5, 5.41) is 7.43. The Morgan fingerprint density at radius 1 is 0.833 bits per heavy atom. The van der Waals surface area contributed by atoms with E-state index >= 15 is 0 Å². The van der Waals surface area contributed by atoms with Crippen LogP contribution in [0.25, 0.3) is 6.08 Å². The van der Waals surface area contributed by atoms with Crippen LogP contribution in [-0.4, -0.2) is 72.9 Å². The Morgan fingerprint density at radius 2 is 1.36 bits per heavy atom. The average molecular weight is 582 g/mol. The number of hydrogen-bond acceptors (Lipinski definition) is 10. The minimum atomic E-state index is -1.73. The molecule has 2 aromatic carbocycles. The topological polar surface area (TPSA) is 175 Å². The number of ether oxygens (including phenoxy) is 4. The minimum Gasteiger partial charge on any atom is -0.466 e. The molecule has 3 N–H and O–H groups in total. The molecule has 0 atom stereocenters. The molecule has 0 aliphatic carbocycles. The van der Waals surface area contributed by atoms with Crippen molar-refractivity contribution >= 4 is 41.7 Å². The minimum absolute atomic E-state index is 0.0397. The fraction of sp³-hybridized carbons (Fsp3) is 0.333. The molecule has 0 bridgehead atoms. The normalized spacial score (nSPS) is 10.9. The first-order chi connectivity index (χ1) is 20.0. The monoisotopic (exact) mass is 581 g/mol. The van der Waals surface area contributed by atoms with Gasteiger partial charge in [0.05, 0.1) is 31.8 Å². The number of rotatable bonds is 14. The zero-order chi connectivity index (χ0) is 31.2. The maximum Gasteiger partial charge on any atom is 0.343 e. The lowest BCUT2D eigenvalue weighted by atomic mass is 10.1. The van der Waals surface area contributed by atoms with Gasteiger partial charge < -0.3 is 29.6 Å². The Labute approximate surface area is 243 Å². The van der Waals surface area contributed by atoms with Crippen LogP contribution >= 0.6 is 0 Å². The molecule has 0 spiro atoms. The lowest BCUT2D eigenvalue weighted by Crippen LogP contribution is -2.52. The summed E-state index contributed by atoms with van der Waals surface area (Å²) in [5.41, 5.74) is 6.84. The van der Waals surface area contributed by atoms with Crippen LogP contribution in [-0.2, 0) is 33.4 Å². The van der Waals surface area contributed by atoms with E-state index in [0.717, 1.165) is 4.90 Å². The van der Waals surface area contributed by atoms with Crippen molar-refractivity contribution in [1.29, 1.82) is 5.41 Å². The molecule has 2 aromatic rings. The van der Waals surface area contributed by atoms with Crippen LogP contribution in [0.5, 0.6) is 5.75 Å². The van der Waals surface area contributed by atoms with Gasteiger partial charge >= 0.3 is 23.9 Å². The van der Waals surface area contributed by atoms with Gasteiger partial charge in [0.1, 0.15) is 11.6 Å². The first-order valence-electron chi connectivity index (χ1n) is 13.3. The number of carbonyl (C=O) groups is 5. The van der Waals surface area contributed by atoms with Crippen LogP contribution in [0.1, 0.15) is 55.6 Å². The molecular formula is C30H35N3O9. The molecule has 224 valence electrons. The van der Waals surface area contributed by atoms with Gasteiger partial charge in [0, 0.05) is 17.7 Å². The molecule has 12 nitrogen and oxygen atoms in total. The summed E-state index contributed by atoms with van der Waals surface area (Å²) in [5.74, 6) is -3.74. The number of esters is 4. The molecule has 0 unspecified atom stereocenters. The second kappa shape index (κ2) is 16.3. The van der Waals surface area contributed by atoms with Gasteiger partial charge in [-0.1, -0.05) is 12.1 Å². The molecule has 0 aliphatic rings. The maximum absolute atomic E-state index is 13.5. The number of nitrogen functional groups attached to an aromatic ring is 1. The third kappa shape index (κ3) is 9.58. The summed E-state index contributed by atoms with van der Waals surface area (Å²) >= 11 is 0. The largest absolute Gasteiger partial charge is 0.466 e. The highest BCUT2D eigenvalue weighted by Gasteiger charge is 2.39. The second-order valence-electron chi connectivity index (χ2n) is 8.74. The van der Waals surface area contributed by atoms with E-state index in [4.69, 9.17) is 30.1 Å². The van der Waals surface area contributed by atoms with Crippen molar-refractivity contribution in [2.45, 2.75) is 40.2 Å². The predicted molar refractivity (Wildman–Crippen MR) is 153 cm³/mol. The molecule has 2 rings (SSSR count). The molecule has 0 fully saturated rings. The molecular weight excluding hydrogens is 546 g/mol. The highest BCUT2D eigenvalue weighted by atomic mass is 16.6. The fourth-order valence-corrected chi connectivity index (χ4v) is 3.71. The van der Waals surface area contributed by atoms with Crippen LogP contribution in [0.3, 0.4) is 0 Å². The van der Waals surface area contributed by atoms with Crippen molar-refractivity contribution in [3.63, 3.8) is 0 Å². The first kappa shape index (κ1) is 33.2. The van der Waals surface area contributed by atoms with Crippen molar-refractivity contribution in [3.8, 4) is 5.75 Å². The van der Waals surface area contributed by atoms with Crippen molar-refractivity contribution in [2.24, 2.45) is 5.73 Å². The molecule has 0 aromatic heterocycles. The fourth-order valence-electron chi connectivity index (χ4n) is 3.71. The number of benzene rings is 2. The maximum atomic E-state index is 13.5. The molecule has 0 radical (unpaired) electrons. The summed E-state index contributed by atoms with van der Waals surface area (Å²) in [6, 6.07) is 10.6. The smallest absolute Gasteiger partial charge is 0.343 e. The third-order valence-corrected chi connectivity index (χ3v) is 5.70. The van der Waals surface area contributed by atoms with Gasteiger partial charge in [-0.2, -0.15) is 0 Å². The number of nitrogens with zero attached hydrogens (tertiary/aromatic N) is 1. The van der Waals surface area contributed by atoms with E-state index in [2.05, 4.69) is 0 Å². The Kier molecular flexibility index (Phi) is 12.9. The summed E-state index contributed by atoms with van der Waals surface area (Å²) in [4.78, 5) is 64.5. The Hall–Kier alpha value is -5.00. The molecule has 12 heteroatoms. The van der Waals surface area contributed by atoms with Gasteiger partial charge in [0.2, 0.25) is 6.04 Å². The van der Waals surface area contributed by atoms with Crippen molar-refractivity contribution in [1.82, 2.24) is 4.90 Å². The van der Waals surface area contributed by atoms with Gasteiger partial charge in [-0.3, -0.25) is 15.0 Å². The van der Waals surface area contributed by atoms with Gasteiger partial charge in [-0.25, -0.2) is 14.4 Å². The van der Waals surface area contributed by atoms with E-state index < -0.39 is 35.8 Å². The molecule has 0 heterocycles. The summed E-state index contributed by atoms with van der Waals surface area (Å²) < 4.78 is 20.3. The van der Waals surface area contributed by atoms with Crippen LogP contribution in [0.2, 0.25) is 0 Å². The van der Waals surface area contributed by atoms with Gasteiger partial charge in [-0.15, -0.1) is 0 Å². The van der Waals surface area contributed by atoms with Crippen molar-refractivity contribution in [2.75, 3.05) is 26.4 Å². The van der Waals surface area contributed by atoms with Crippen molar-refractivity contribution < 1.29 is 42.9 Å². The van der Waals surface area contributed by atoms with Crippen LogP contribution < -0.4 is 10.5 Å². The van der Waals surface area contributed by atoms with Crippen LogP contribution in [0.15, 0.2) is 54.1 Å². The molecule has 1 amide bonds. The molecule has 0 saturated heterocycles. The zero-order valence-corrected chi connectivity index (χ0v) is 24.0. The van der Waals surface area contributed by atoms with E-state index in [9.17, 15) is 24.0 Å². The zero-order valence-electron chi connectivity index (χ0n) is 24.0. The highest BCUT2D eigenvalue weighted by molar-refractivity contribution is 6.06. The third-order valence-electron chi connectivity index (χ3n) is 5.70. The summed E-state index contributed by atoms with van der Waals surface area (Å²) in [6.07, 6.45) is 1.24. The standard InChI is InChI=1S/C30H35N3O9/c1-5-39-24(34)16-17-33(25(29(37)40-6-2)30(38)41-7-3)27(35)19(4)18-20-8-10-22(11-9-20)28(36)42-23-14-12-21(13-15-23)26(31)32/h8-15,18,25H,5-7,16-17H2,1-4H3,(H3,31,32). The number of nitrogens with two attached hydrogens (primary N) is 1. The quantitative estimate of drug-likeness (QED) is 0.0642. The molecule has 42 heavy (non-hydrogen) atoms. The highest BCUT2D eigenvalue weighted by Crippen LogP contribution is 2.18. The van der Waals surface area contributed by atoms with Gasteiger partial charge in [0.25, 0.3) is 5.91 Å². The number of hydrogen-bond donors (Lipinski definition) is 2. The number of carbonyl (C=O) groups excluding carboxylic acids is 5.